The van der Waals surface area contributed by atoms with E-state index < -0.39 is 0 Å². The molecule has 0 bridgehead atoms. The third-order valence-corrected chi connectivity index (χ3v) is 4.97. The van der Waals surface area contributed by atoms with Gasteiger partial charge in [-0.1, -0.05) is 25.1 Å². The second-order valence-electron chi connectivity index (χ2n) is 5.17. The fraction of sp³-hybridized carbons (Fsp3) is 0.500. The number of nitrogens with two attached hydrogens (primary N) is 1. The minimum atomic E-state index is -0.238. The van der Waals surface area contributed by atoms with Crippen molar-refractivity contribution in [2.45, 2.75) is 45.3 Å². The average Bonchev–Trinajstić information content (AvgIpc) is 2.82. The molecule has 2 N–H and O–H groups in total. The van der Waals surface area contributed by atoms with Crippen LogP contribution in [0.15, 0.2) is 29.6 Å². The van der Waals surface area contributed by atoms with Crippen LogP contribution in [-0.2, 0) is 11.2 Å². The molecule has 0 aliphatic heterocycles. The number of thiophene rings is 1. The third kappa shape index (κ3) is 2.99. The molecule has 2 aromatic rings. The van der Waals surface area contributed by atoms with E-state index in [4.69, 9.17) is 10.5 Å². The Morgan fingerprint density at radius 3 is 2.74 bits per heavy atom. The molecule has 104 valence electrons. The highest BCUT2D eigenvalue weighted by atomic mass is 32.1. The van der Waals surface area contributed by atoms with Gasteiger partial charge in [0.25, 0.3) is 0 Å². The highest BCUT2D eigenvalue weighted by molar-refractivity contribution is 7.17. The lowest BCUT2D eigenvalue weighted by Crippen LogP contribution is -2.48. The van der Waals surface area contributed by atoms with Crippen LogP contribution in [0.4, 0.5) is 0 Å². The van der Waals surface area contributed by atoms with Gasteiger partial charge in [-0.25, -0.2) is 0 Å². The summed E-state index contributed by atoms with van der Waals surface area (Å²) in [5.41, 5.74) is 7.51. The van der Waals surface area contributed by atoms with Gasteiger partial charge in [0.15, 0.2) is 0 Å². The highest BCUT2D eigenvalue weighted by Gasteiger charge is 2.30. The van der Waals surface area contributed by atoms with Gasteiger partial charge in [-0.2, -0.15) is 0 Å². The van der Waals surface area contributed by atoms with Gasteiger partial charge < -0.3 is 10.5 Å². The van der Waals surface area contributed by atoms with Crippen molar-refractivity contribution in [1.82, 2.24) is 0 Å². The Balaban J connectivity index is 2.20. The lowest BCUT2D eigenvalue weighted by atomic mass is 9.89. The monoisotopic (exact) mass is 277 g/mol. The standard InChI is InChI=1S/C16H23NOS/c1-4-16(3,18-5-2)15(17)10-12-11-19-14-9-7-6-8-13(12)14/h6-9,11,15H,4-5,10,17H2,1-3H3. The summed E-state index contributed by atoms with van der Waals surface area (Å²) in [5, 5.41) is 3.56. The first-order chi connectivity index (χ1) is 9.10. The molecule has 2 nitrogen and oxygen atoms in total. The maximum Gasteiger partial charge on any atom is 0.0805 e. The molecule has 0 saturated carbocycles. The van der Waals surface area contributed by atoms with Gasteiger partial charge in [0.1, 0.15) is 0 Å². The van der Waals surface area contributed by atoms with Crippen LogP contribution in [0.2, 0.25) is 0 Å². The van der Waals surface area contributed by atoms with Crippen LogP contribution >= 0.6 is 11.3 Å². The van der Waals surface area contributed by atoms with Crippen molar-refractivity contribution in [2.24, 2.45) is 5.73 Å². The van der Waals surface area contributed by atoms with Gasteiger partial charge in [-0.05, 0) is 49.1 Å². The highest BCUT2D eigenvalue weighted by Crippen LogP contribution is 2.29. The summed E-state index contributed by atoms with van der Waals surface area (Å²) in [6.07, 6.45) is 1.80. The predicted molar refractivity (Wildman–Crippen MR) is 83.8 cm³/mol. The van der Waals surface area contributed by atoms with E-state index >= 15 is 0 Å². The van der Waals surface area contributed by atoms with E-state index in [0.717, 1.165) is 12.8 Å². The molecule has 2 rings (SSSR count). The molecule has 0 spiro atoms. The Hall–Kier alpha value is -0.900. The van der Waals surface area contributed by atoms with Gasteiger partial charge in [0.05, 0.1) is 5.60 Å². The number of fused-ring (bicyclic) bond motifs is 1. The zero-order valence-corrected chi connectivity index (χ0v) is 12.8. The Morgan fingerprint density at radius 1 is 1.32 bits per heavy atom. The lowest BCUT2D eigenvalue weighted by molar-refractivity contribution is -0.0460. The molecule has 3 heteroatoms. The summed E-state index contributed by atoms with van der Waals surface area (Å²) in [7, 11) is 0. The van der Waals surface area contributed by atoms with Crippen molar-refractivity contribution < 1.29 is 4.74 Å². The minimum Gasteiger partial charge on any atom is -0.374 e. The molecule has 0 fully saturated rings. The van der Waals surface area contributed by atoms with E-state index in [1.54, 1.807) is 11.3 Å². The lowest BCUT2D eigenvalue weighted by Gasteiger charge is -2.34. The van der Waals surface area contributed by atoms with Gasteiger partial charge in [0, 0.05) is 17.3 Å². The van der Waals surface area contributed by atoms with Gasteiger partial charge in [-0.15, -0.1) is 11.3 Å². The Bertz CT molecular complexity index is 536. The summed E-state index contributed by atoms with van der Waals surface area (Å²) >= 11 is 1.79. The molecule has 0 aliphatic carbocycles. The molecule has 1 aromatic heterocycles. The van der Waals surface area contributed by atoms with Crippen LogP contribution in [0.25, 0.3) is 10.1 Å². The molecule has 0 saturated heterocycles. The van der Waals surface area contributed by atoms with E-state index in [1.807, 2.05) is 6.92 Å². The molecule has 1 aromatic carbocycles. The van der Waals surface area contributed by atoms with Gasteiger partial charge in [0.2, 0.25) is 0 Å². The van der Waals surface area contributed by atoms with Crippen molar-refractivity contribution >= 4 is 21.4 Å². The van der Waals surface area contributed by atoms with E-state index in [0.29, 0.717) is 6.61 Å². The number of benzene rings is 1. The molecule has 0 amide bonds. The predicted octanol–water partition coefficient (Wildman–Crippen LogP) is 3.98. The fourth-order valence-corrected chi connectivity index (χ4v) is 3.42. The maximum atomic E-state index is 6.41. The second-order valence-corrected chi connectivity index (χ2v) is 6.08. The molecule has 0 radical (unpaired) electrons. The van der Waals surface area contributed by atoms with Crippen molar-refractivity contribution in [3.8, 4) is 0 Å². The number of rotatable bonds is 6. The summed E-state index contributed by atoms with van der Waals surface area (Å²) in [5.74, 6) is 0. The maximum absolute atomic E-state index is 6.41. The van der Waals surface area contributed by atoms with Crippen LogP contribution in [0.5, 0.6) is 0 Å². The zero-order chi connectivity index (χ0) is 13.9. The molecular weight excluding hydrogens is 254 g/mol. The second kappa shape index (κ2) is 6.04. The first-order valence-corrected chi connectivity index (χ1v) is 7.83. The Labute approximate surface area is 119 Å². The fourth-order valence-electron chi connectivity index (χ4n) is 2.44. The SMILES string of the molecule is CCOC(C)(CC)C(N)Cc1csc2ccccc12. The van der Waals surface area contributed by atoms with Crippen LogP contribution in [-0.4, -0.2) is 18.2 Å². The molecule has 1 heterocycles. The molecular formula is C16H23NOS. The van der Waals surface area contributed by atoms with Crippen molar-refractivity contribution in [3.63, 3.8) is 0 Å². The first kappa shape index (κ1) is 14.5. The smallest absolute Gasteiger partial charge is 0.0805 e. The Morgan fingerprint density at radius 2 is 2.05 bits per heavy atom. The molecule has 19 heavy (non-hydrogen) atoms. The molecule has 0 aliphatic rings. The summed E-state index contributed by atoms with van der Waals surface area (Å²) in [4.78, 5) is 0. The van der Waals surface area contributed by atoms with Crippen LogP contribution in [0, 0.1) is 0 Å². The Kier molecular flexibility index (Phi) is 4.61. The number of hydrogen-bond acceptors (Lipinski definition) is 3. The van der Waals surface area contributed by atoms with Crippen molar-refractivity contribution in [2.75, 3.05) is 6.61 Å². The largest absolute Gasteiger partial charge is 0.374 e. The van der Waals surface area contributed by atoms with Gasteiger partial charge >= 0.3 is 0 Å². The van der Waals surface area contributed by atoms with Crippen LogP contribution in [0.3, 0.4) is 0 Å². The minimum absolute atomic E-state index is 0.0236. The van der Waals surface area contributed by atoms with E-state index in [2.05, 4.69) is 43.5 Å². The quantitative estimate of drug-likeness (QED) is 0.867. The molecule has 2 atom stereocenters. The topological polar surface area (TPSA) is 35.2 Å². The van der Waals surface area contributed by atoms with Crippen molar-refractivity contribution in [3.05, 3.63) is 35.2 Å². The number of hydrogen-bond donors (Lipinski definition) is 1. The zero-order valence-electron chi connectivity index (χ0n) is 12.0. The van der Waals surface area contributed by atoms with E-state index in [1.165, 1.54) is 15.6 Å². The average molecular weight is 277 g/mol. The summed E-state index contributed by atoms with van der Waals surface area (Å²) in [6.45, 7) is 7.00. The summed E-state index contributed by atoms with van der Waals surface area (Å²) < 4.78 is 7.21. The van der Waals surface area contributed by atoms with Crippen LogP contribution in [0.1, 0.15) is 32.8 Å². The number of ether oxygens (including phenoxy) is 1. The van der Waals surface area contributed by atoms with E-state index in [-0.39, 0.29) is 11.6 Å². The normalized spacial score (nSPS) is 16.4. The van der Waals surface area contributed by atoms with E-state index in [9.17, 15) is 0 Å². The van der Waals surface area contributed by atoms with Crippen LogP contribution < -0.4 is 5.73 Å². The third-order valence-electron chi connectivity index (χ3n) is 3.96. The first-order valence-electron chi connectivity index (χ1n) is 6.95. The van der Waals surface area contributed by atoms with Crippen molar-refractivity contribution in [1.29, 1.82) is 0 Å². The summed E-state index contributed by atoms with van der Waals surface area (Å²) in [6, 6.07) is 8.54. The van der Waals surface area contributed by atoms with Gasteiger partial charge in [-0.3, -0.25) is 0 Å². The molecule has 2 unspecified atom stereocenters.